The molecule has 0 saturated heterocycles. The van der Waals surface area contributed by atoms with E-state index in [0.29, 0.717) is 29.6 Å². The molecule has 0 aliphatic heterocycles. The van der Waals surface area contributed by atoms with E-state index in [9.17, 15) is 0 Å². The molecule has 1 aromatic heterocycles. The van der Waals surface area contributed by atoms with Crippen LogP contribution in [0.5, 0.6) is 0 Å². The Morgan fingerprint density at radius 2 is 1.95 bits per heavy atom. The molecule has 0 fully saturated rings. The van der Waals surface area contributed by atoms with Crippen molar-refractivity contribution < 1.29 is 0 Å². The molecule has 0 aliphatic rings. The molecular weight excluding hydrogens is 260 g/mol. The fourth-order valence-electron chi connectivity index (χ4n) is 1.78. The zero-order valence-electron chi connectivity index (χ0n) is 10.3. The number of para-hydroxylation sites is 1. The molecule has 0 radical (unpaired) electrons. The van der Waals surface area contributed by atoms with Crippen molar-refractivity contribution in [2.24, 2.45) is 0 Å². The monoisotopic (exact) mass is 272 g/mol. The highest BCUT2D eigenvalue weighted by Gasteiger charge is 2.13. The van der Waals surface area contributed by atoms with Crippen molar-refractivity contribution in [3.8, 4) is 6.07 Å². The first-order valence-corrected chi connectivity index (χ1v) is 6.21. The minimum Gasteiger partial charge on any atom is -0.396 e. The van der Waals surface area contributed by atoms with Gasteiger partial charge in [0.2, 0.25) is 0 Å². The summed E-state index contributed by atoms with van der Waals surface area (Å²) in [6, 6.07) is 15.2. The number of benzene rings is 1. The molecule has 0 aliphatic carbocycles. The number of nitrogens with zero attached hydrogens (tertiary/aromatic N) is 3. The van der Waals surface area contributed by atoms with Crippen molar-refractivity contribution in [2.45, 2.75) is 6.42 Å². The molecule has 0 atom stereocenters. The molecule has 2 rings (SSSR count). The van der Waals surface area contributed by atoms with Gasteiger partial charge in [0.15, 0.2) is 5.82 Å². The molecule has 0 amide bonds. The van der Waals surface area contributed by atoms with E-state index in [-0.39, 0.29) is 0 Å². The summed E-state index contributed by atoms with van der Waals surface area (Å²) in [5.74, 6) is 0.578. The predicted molar refractivity (Wildman–Crippen MR) is 77.3 cm³/mol. The molecule has 1 aromatic carbocycles. The van der Waals surface area contributed by atoms with Crippen molar-refractivity contribution in [1.29, 1.82) is 5.26 Å². The van der Waals surface area contributed by atoms with Gasteiger partial charge in [0.05, 0.1) is 18.2 Å². The quantitative estimate of drug-likeness (QED) is 0.867. The summed E-state index contributed by atoms with van der Waals surface area (Å²) in [6.45, 7) is 0.512. The first-order valence-electron chi connectivity index (χ1n) is 5.84. The third-order valence-corrected chi connectivity index (χ3v) is 2.85. The average Bonchev–Trinajstić information content (AvgIpc) is 2.44. The Morgan fingerprint density at radius 3 is 2.63 bits per heavy atom. The average molecular weight is 273 g/mol. The van der Waals surface area contributed by atoms with E-state index < -0.39 is 0 Å². The van der Waals surface area contributed by atoms with Crippen LogP contribution in [0.2, 0.25) is 5.15 Å². The van der Waals surface area contributed by atoms with Crippen molar-refractivity contribution in [3.05, 3.63) is 47.6 Å². The van der Waals surface area contributed by atoms with Crippen LogP contribution >= 0.6 is 11.6 Å². The third kappa shape index (κ3) is 3.15. The maximum absolute atomic E-state index is 8.78. The number of anilines is 3. The van der Waals surface area contributed by atoms with E-state index in [0.717, 1.165) is 5.69 Å². The normalized spacial score (nSPS) is 9.89. The van der Waals surface area contributed by atoms with Crippen LogP contribution in [-0.2, 0) is 0 Å². The zero-order valence-corrected chi connectivity index (χ0v) is 11.0. The minimum absolute atomic E-state index is 0.377. The van der Waals surface area contributed by atoms with E-state index in [1.165, 1.54) is 0 Å². The summed E-state index contributed by atoms with van der Waals surface area (Å²) < 4.78 is 0. The number of nitriles is 1. The van der Waals surface area contributed by atoms with Gasteiger partial charge < -0.3 is 10.6 Å². The highest BCUT2D eigenvalue weighted by molar-refractivity contribution is 6.29. The molecule has 0 saturated carbocycles. The predicted octanol–water partition coefficient (Wildman–Crippen LogP) is 3.37. The molecule has 96 valence electrons. The maximum atomic E-state index is 8.78. The van der Waals surface area contributed by atoms with Crippen LogP contribution in [0.1, 0.15) is 6.42 Å². The van der Waals surface area contributed by atoms with Crippen molar-refractivity contribution in [1.82, 2.24) is 4.98 Å². The zero-order chi connectivity index (χ0) is 13.7. The molecule has 0 bridgehead atoms. The lowest BCUT2D eigenvalue weighted by molar-refractivity contribution is 0.929. The summed E-state index contributed by atoms with van der Waals surface area (Å²) in [7, 11) is 0. The summed E-state index contributed by atoms with van der Waals surface area (Å²) in [6.07, 6.45) is 0.378. The second-order valence-corrected chi connectivity index (χ2v) is 4.33. The van der Waals surface area contributed by atoms with Gasteiger partial charge in [0.25, 0.3) is 0 Å². The van der Waals surface area contributed by atoms with E-state index in [1.54, 1.807) is 12.1 Å². The van der Waals surface area contributed by atoms with Crippen molar-refractivity contribution in [3.63, 3.8) is 0 Å². The fraction of sp³-hybridized carbons (Fsp3) is 0.143. The smallest absolute Gasteiger partial charge is 0.158 e. The van der Waals surface area contributed by atoms with Gasteiger partial charge in [-0.25, -0.2) is 4.98 Å². The molecule has 4 nitrogen and oxygen atoms in total. The molecule has 0 spiro atoms. The maximum Gasteiger partial charge on any atom is 0.158 e. The van der Waals surface area contributed by atoms with E-state index in [4.69, 9.17) is 22.6 Å². The number of halogens is 1. The van der Waals surface area contributed by atoms with Crippen LogP contribution in [0.4, 0.5) is 17.2 Å². The highest BCUT2D eigenvalue weighted by atomic mass is 35.5. The Bertz CT molecular complexity index is 592. The standard InChI is InChI=1S/C14H13ClN4/c15-13-8-7-12(17)14(18-13)19(10-4-9-16)11-5-2-1-3-6-11/h1-3,5-8H,4,10,17H2. The molecule has 5 heteroatoms. The third-order valence-electron chi connectivity index (χ3n) is 2.64. The SMILES string of the molecule is N#CCCN(c1ccccc1)c1nc(Cl)ccc1N. The molecule has 1 heterocycles. The number of hydrogen-bond donors (Lipinski definition) is 1. The van der Waals surface area contributed by atoms with Crippen LogP contribution in [0.25, 0.3) is 0 Å². The van der Waals surface area contributed by atoms with Gasteiger partial charge in [0.1, 0.15) is 5.15 Å². The molecule has 2 aromatic rings. The Kier molecular flexibility index (Phi) is 4.22. The summed E-state index contributed by atoms with van der Waals surface area (Å²) in [5.41, 5.74) is 7.42. The number of hydrogen-bond acceptors (Lipinski definition) is 4. The number of nitrogens with two attached hydrogens (primary N) is 1. The molecule has 19 heavy (non-hydrogen) atoms. The molecule has 0 unspecified atom stereocenters. The first kappa shape index (κ1) is 13.2. The fourth-order valence-corrected chi connectivity index (χ4v) is 1.92. The first-order chi connectivity index (χ1) is 9.22. The summed E-state index contributed by atoms with van der Waals surface area (Å²) in [4.78, 5) is 6.15. The van der Waals surface area contributed by atoms with Gasteiger partial charge >= 0.3 is 0 Å². The Balaban J connectivity index is 2.43. The van der Waals surface area contributed by atoms with Crippen LogP contribution < -0.4 is 10.6 Å². The van der Waals surface area contributed by atoms with Gasteiger partial charge in [-0.3, -0.25) is 0 Å². The van der Waals surface area contributed by atoms with E-state index >= 15 is 0 Å². The van der Waals surface area contributed by atoms with Crippen molar-refractivity contribution in [2.75, 3.05) is 17.2 Å². The lowest BCUT2D eigenvalue weighted by atomic mass is 10.2. The van der Waals surface area contributed by atoms with Gasteiger partial charge in [-0.2, -0.15) is 5.26 Å². The van der Waals surface area contributed by atoms with E-state index in [1.807, 2.05) is 35.2 Å². The lowest BCUT2D eigenvalue weighted by Gasteiger charge is -2.24. The van der Waals surface area contributed by atoms with E-state index in [2.05, 4.69) is 11.1 Å². The van der Waals surface area contributed by atoms with Crippen LogP contribution in [0, 0.1) is 11.3 Å². The second kappa shape index (κ2) is 6.07. The molecule has 2 N–H and O–H groups in total. The highest BCUT2D eigenvalue weighted by Crippen LogP contribution is 2.29. The lowest BCUT2D eigenvalue weighted by Crippen LogP contribution is -2.20. The van der Waals surface area contributed by atoms with Crippen LogP contribution in [0.15, 0.2) is 42.5 Å². The summed E-state index contributed by atoms with van der Waals surface area (Å²) >= 11 is 5.92. The van der Waals surface area contributed by atoms with Crippen LogP contribution in [0.3, 0.4) is 0 Å². The number of nitrogen functional groups attached to an aromatic ring is 1. The Labute approximate surface area is 117 Å². The number of aromatic nitrogens is 1. The van der Waals surface area contributed by atoms with Gasteiger partial charge in [-0.15, -0.1) is 0 Å². The largest absolute Gasteiger partial charge is 0.396 e. The molecular formula is C14H13ClN4. The topological polar surface area (TPSA) is 65.9 Å². The summed E-state index contributed by atoms with van der Waals surface area (Å²) in [5, 5.41) is 9.16. The van der Waals surface area contributed by atoms with Crippen molar-refractivity contribution >= 4 is 28.8 Å². The van der Waals surface area contributed by atoms with Gasteiger partial charge in [-0.1, -0.05) is 29.8 Å². The Morgan fingerprint density at radius 1 is 1.21 bits per heavy atom. The van der Waals surface area contributed by atoms with Crippen LogP contribution in [-0.4, -0.2) is 11.5 Å². The number of pyridine rings is 1. The second-order valence-electron chi connectivity index (χ2n) is 3.94. The minimum atomic E-state index is 0.377. The Hall–Kier alpha value is -2.25. The number of rotatable bonds is 4. The van der Waals surface area contributed by atoms with Gasteiger partial charge in [0, 0.05) is 12.2 Å². The van der Waals surface area contributed by atoms with Gasteiger partial charge in [-0.05, 0) is 24.3 Å².